The van der Waals surface area contributed by atoms with E-state index in [-0.39, 0.29) is 11.7 Å². The largest absolute Gasteiger partial charge is 0.381 e. The van der Waals surface area contributed by atoms with Gasteiger partial charge in [-0.05, 0) is 43.4 Å². The van der Waals surface area contributed by atoms with Gasteiger partial charge in [-0.1, -0.05) is 6.07 Å². The van der Waals surface area contributed by atoms with Crippen LogP contribution in [0.4, 0.5) is 4.39 Å². The van der Waals surface area contributed by atoms with Crippen molar-refractivity contribution in [3.05, 3.63) is 35.0 Å². The first-order valence-corrected chi connectivity index (χ1v) is 8.09. The second kappa shape index (κ2) is 6.54. The molecule has 1 aromatic carbocycles. The Hall–Kier alpha value is -1.46. The van der Waals surface area contributed by atoms with Gasteiger partial charge in [0, 0.05) is 29.8 Å². The van der Waals surface area contributed by atoms with Crippen molar-refractivity contribution in [1.29, 1.82) is 0 Å². The molecule has 0 bridgehead atoms. The Labute approximate surface area is 127 Å². The van der Waals surface area contributed by atoms with Crippen LogP contribution in [0, 0.1) is 11.7 Å². The molecular formula is C16H18FNO2S. The molecule has 1 heterocycles. The average Bonchev–Trinajstić information content (AvgIpc) is 3.19. The van der Waals surface area contributed by atoms with E-state index in [0.29, 0.717) is 23.4 Å². The lowest BCUT2D eigenvalue weighted by atomic mass is 10.2. The standard InChI is InChI=1S/C16H18FNO2S/c17-13-3-1-4-14-12(13)9-15(21-14)16(19)18-7-2-8-20-10-11-5-6-11/h1,3-4,9,11H,2,5-8,10H2,(H,18,19). The summed E-state index contributed by atoms with van der Waals surface area (Å²) in [5.41, 5.74) is 0. The van der Waals surface area contributed by atoms with E-state index in [1.54, 1.807) is 12.1 Å². The molecule has 3 rings (SSSR count). The molecule has 0 aliphatic heterocycles. The van der Waals surface area contributed by atoms with Gasteiger partial charge >= 0.3 is 0 Å². The van der Waals surface area contributed by atoms with Crippen LogP contribution in [0.1, 0.15) is 28.9 Å². The number of ether oxygens (including phenoxy) is 1. The third kappa shape index (κ3) is 3.80. The summed E-state index contributed by atoms with van der Waals surface area (Å²) in [6, 6.07) is 6.51. The molecule has 2 aromatic rings. The van der Waals surface area contributed by atoms with Crippen LogP contribution in [0.2, 0.25) is 0 Å². The summed E-state index contributed by atoms with van der Waals surface area (Å²) in [5, 5.41) is 3.37. The highest BCUT2D eigenvalue weighted by atomic mass is 32.1. The maximum atomic E-state index is 13.6. The summed E-state index contributed by atoms with van der Waals surface area (Å²) in [7, 11) is 0. The van der Waals surface area contributed by atoms with Crippen molar-refractivity contribution in [3.8, 4) is 0 Å². The van der Waals surface area contributed by atoms with Crippen LogP contribution in [0.25, 0.3) is 10.1 Å². The molecule has 1 amide bonds. The number of hydrogen-bond donors (Lipinski definition) is 1. The maximum absolute atomic E-state index is 13.6. The molecule has 1 saturated carbocycles. The van der Waals surface area contributed by atoms with Gasteiger partial charge in [-0.25, -0.2) is 4.39 Å². The van der Waals surface area contributed by atoms with Gasteiger partial charge in [0.25, 0.3) is 5.91 Å². The molecule has 1 aliphatic rings. The lowest BCUT2D eigenvalue weighted by molar-refractivity contribution is 0.0941. The number of amides is 1. The van der Waals surface area contributed by atoms with Crippen molar-refractivity contribution in [1.82, 2.24) is 5.32 Å². The van der Waals surface area contributed by atoms with Crippen molar-refractivity contribution in [2.45, 2.75) is 19.3 Å². The van der Waals surface area contributed by atoms with Crippen molar-refractivity contribution < 1.29 is 13.9 Å². The molecule has 1 fully saturated rings. The molecule has 21 heavy (non-hydrogen) atoms. The van der Waals surface area contributed by atoms with E-state index >= 15 is 0 Å². The Balaban J connectivity index is 1.46. The van der Waals surface area contributed by atoms with Crippen molar-refractivity contribution >= 4 is 27.3 Å². The lowest BCUT2D eigenvalue weighted by Gasteiger charge is -2.04. The van der Waals surface area contributed by atoms with Gasteiger partial charge < -0.3 is 10.1 Å². The van der Waals surface area contributed by atoms with Gasteiger partial charge in [-0.2, -0.15) is 0 Å². The van der Waals surface area contributed by atoms with E-state index in [2.05, 4.69) is 5.32 Å². The number of nitrogens with one attached hydrogen (secondary N) is 1. The van der Waals surface area contributed by atoms with E-state index < -0.39 is 0 Å². The van der Waals surface area contributed by atoms with E-state index in [4.69, 9.17) is 4.74 Å². The van der Waals surface area contributed by atoms with E-state index in [1.165, 1.54) is 30.2 Å². The second-order valence-corrected chi connectivity index (χ2v) is 6.47. The van der Waals surface area contributed by atoms with E-state index in [9.17, 15) is 9.18 Å². The molecule has 0 spiro atoms. The lowest BCUT2D eigenvalue weighted by Crippen LogP contribution is -2.24. The predicted octanol–water partition coefficient (Wildman–Crippen LogP) is 3.59. The monoisotopic (exact) mass is 307 g/mol. The van der Waals surface area contributed by atoms with Crippen LogP contribution < -0.4 is 5.32 Å². The average molecular weight is 307 g/mol. The zero-order valence-corrected chi connectivity index (χ0v) is 12.5. The second-order valence-electron chi connectivity index (χ2n) is 5.39. The van der Waals surface area contributed by atoms with Crippen LogP contribution in [0.3, 0.4) is 0 Å². The van der Waals surface area contributed by atoms with E-state index in [1.807, 2.05) is 6.07 Å². The van der Waals surface area contributed by atoms with Crippen LogP contribution in [-0.2, 0) is 4.74 Å². The fraction of sp³-hybridized carbons (Fsp3) is 0.438. The summed E-state index contributed by atoms with van der Waals surface area (Å²) in [4.78, 5) is 12.6. The fourth-order valence-corrected chi connectivity index (χ4v) is 3.13. The minimum atomic E-state index is -0.281. The topological polar surface area (TPSA) is 38.3 Å². The summed E-state index contributed by atoms with van der Waals surface area (Å²) in [6.07, 6.45) is 3.39. The van der Waals surface area contributed by atoms with Gasteiger partial charge in [0.05, 0.1) is 4.88 Å². The third-order valence-electron chi connectivity index (χ3n) is 3.53. The molecule has 0 unspecified atom stereocenters. The Morgan fingerprint density at radius 2 is 2.29 bits per heavy atom. The predicted molar refractivity (Wildman–Crippen MR) is 82.3 cm³/mol. The van der Waals surface area contributed by atoms with Crippen LogP contribution >= 0.6 is 11.3 Å². The first-order chi connectivity index (χ1) is 10.2. The maximum Gasteiger partial charge on any atom is 0.261 e. The van der Waals surface area contributed by atoms with E-state index in [0.717, 1.165) is 23.6 Å². The first kappa shape index (κ1) is 14.5. The van der Waals surface area contributed by atoms with Crippen LogP contribution in [-0.4, -0.2) is 25.7 Å². The number of carbonyl (C=O) groups excluding carboxylic acids is 1. The quantitative estimate of drug-likeness (QED) is 0.794. The minimum Gasteiger partial charge on any atom is -0.381 e. The first-order valence-electron chi connectivity index (χ1n) is 7.28. The summed E-state index contributed by atoms with van der Waals surface area (Å²) in [5.74, 6) is 0.349. The molecule has 1 aromatic heterocycles. The van der Waals surface area contributed by atoms with Crippen molar-refractivity contribution in [3.63, 3.8) is 0 Å². The number of benzene rings is 1. The van der Waals surface area contributed by atoms with Crippen LogP contribution in [0.15, 0.2) is 24.3 Å². The molecular weight excluding hydrogens is 289 g/mol. The summed E-state index contributed by atoms with van der Waals surface area (Å²) in [6.45, 7) is 2.11. The normalized spacial score (nSPS) is 14.5. The van der Waals surface area contributed by atoms with Crippen molar-refractivity contribution in [2.24, 2.45) is 5.92 Å². The number of thiophene rings is 1. The third-order valence-corrected chi connectivity index (χ3v) is 4.63. The SMILES string of the molecule is O=C(NCCCOCC1CC1)c1cc2c(F)cccc2s1. The van der Waals surface area contributed by atoms with Crippen molar-refractivity contribution in [2.75, 3.05) is 19.8 Å². The Morgan fingerprint density at radius 1 is 1.43 bits per heavy atom. The van der Waals surface area contributed by atoms with Gasteiger partial charge in [0.15, 0.2) is 0 Å². The Bertz CT molecular complexity index is 636. The van der Waals surface area contributed by atoms with Gasteiger partial charge in [0.2, 0.25) is 0 Å². The zero-order chi connectivity index (χ0) is 14.7. The minimum absolute atomic E-state index is 0.141. The summed E-state index contributed by atoms with van der Waals surface area (Å²) < 4.78 is 19.9. The molecule has 0 saturated heterocycles. The molecule has 1 N–H and O–H groups in total. The molecule has 0 atom stereocenters. The fourth-order valence-electron chi connectivity index (χ4n) is 2.14. The Morgan fingerprint density at radius 3 is 3.05 bits per heavy atom. The highest BCUT2D eigenvalue weighted by Crippen LogP contribution is 2.29. The highest BCUT2D eigenvalue weighted by molar-refractivity contribution is 7.20. The highest BCUT2D eigenvalue weighted by Gasteiger charge is 2.20. The smallest absolute Gasteiger partial charge is 0.261 e. The molecule has 112 valence electrons. The number of halogens is 1. The van der Waals surface area contributed by atoms with Gasteiger partial charge in [0.1, 0.15) is 5.82 Å². The number of rotatable bonds is 7. The Kier molecular flexibility index (Phi) is 4.51. The van der Waals surface area contributed by atoms with Gasteiger partial charge in [-0.3, -0.25) is 4.79 Å². The number of hydrogen-bond acceptors (Lipinski definition) is 3. The molecule has 0 radical (unpaired) electrons. The molecule has 3 nitrogen and oxygen atoms in total. The molecule has 1 aliphatic carbocycles. The van der Waals surface area contributed by atoms with Gasteiger partial charge in [-0.15, -0.1) is 11.3 Å². The number of carbonyl (C=O) groups is 1. The number of fused-ring (bicyclic) bond motifs is 1. The van der Waals surface area contributed by atoms with Crippen LogP contribution in [0.5, 0.6) is 0 Å². The molecule has 5 heteroatoms. The summed E-state index contributed by atoms with van der Waals surface area (Å²) >= 11 is 1.32. The zero-order valence-electron chi connectivity index (χ0n) is 11.7.